The van der Waals surface area contributed by atoms with Crippen LogP contribution in [0.25, 0.3) is 33.4 Å². The van der Waals surface area contributed by atoms with E-state index in [1.165, 1.54) is 24.3 Å². The number of carbonyl (C=O) groups is 2. The molecule has 0 fully saturated rings. The highest BCUT2D eigenvalue weighted by Gasteiger charge is 2.47. The molecule has 0 bridgehead atoms. The molecule has 4 aromatic rings. The third-order valence-corrected chi connectivity index (χ3v) is 8.42. The summed E-state index contributed by atoms with van der Waals surface area (Å²) in [4.78, 5) is 22.5. The van der Waals surface area contributed by atoms with Gasteiger partial charge in [0.2, 0.25) is 11.5 Å². The van der Waals surface area contributed by atoms with E-state index in [9.17, 15) is 62.3 Å². The summed E-state index contributed by atoms with van der Waals surface area (Å²) in [5.41, 5.74) is -2.01. The molecule has 0 saturated carbocycles. The van der Waals surface area contributed by atoms with Crippen LogP contribution in [0.2, 0.25) is 0 Å². The van der Waals surface area contributed by atoms with Crippen LogP contribution in [-0.4, -0.2) is 50.6 Å². The zero-order valence-corrected chi connectivity index (χ0v) is 32.0. The molecule has 0 aliphatic carbocycles. The van der Waals surface area contributed by atoms with Gasteiger partial charge in [0.1, 0.15) is 0 Å². The second-order valence-electron chi connectivity index (χ2n) is 12.9. The van der Waals surface area contributed by atoms with Gasteiger partial charge < -0.3 is 28.4 Å². The van der Waals surface area contributed by atoms with E-state index >= 15 is 0 Å². The van der Waals surface area contributed by atoms with E-state index < -0.39 is 82.6 Å². The SMILES string of the molecule is C=CC(=O)OCCCCc1ccc(-c2cccc(-c3c(OC(F)(F)F)c(OC(F)(F)F)c(OC(F)(F)F)c(OC(F)(F)F)c3-c3ccc(CCCCOC(=O)C=C)cc3)c2)cc1. The van der Waals surface area contributed by atoms with Gasteiger partial charge in [0.05, 0.1) is 13.2 Å². The molecule has 0 radical (unpaired) electrons. The van der Waals surface area contributed by atoms with Crippen molar-refractivity contribution in [3.05, 3.63) is 109 Å². The van der Waals surface area contributed by atoms with Crippen molar-refractivity contribution in [2.24, 2.45) is 0 Å². The molecule has 0 saturated heterocycles. The highest BCUT2D eigenvalue weighted by molar-refractivity contribution is 5.97. The zero-order valence-electron chi connectivity index (χ0n) is 32.0. The normalized spacial score (nSPS) is 12.0. The summed E-state index contributed by atoms with van der Waals surface area (Å²) in [5, 5.41) is 0. The predicted molar refractivity (Wildman–Crippen MR) is 198 cm³/mol. The molecule has 0 amide bonds. The Morgan fingerprint density at radius 3 is 1.19 bits per heavy atom. The van der Waals surface area contributed by atoms with E-state index in [-0.39, 0.29) is 25.2 Å². The van der Waals surface area contributed by atoms with Gasteiger partial charge in [0.25, 0.3) is 0 Å². The van der Waals surface area contributed by atoms with Crippen LogP contribution in [0, 0.1) is 0 Å². The Morgan fingerprint density at radius 2 is 0.806 bits per heavy atom. The average Bonchev–Trinajstić information content (AvgIpc) is 3.18. The van der Waals surface area contributed by atoms with Gasteiger partial charge >= 0.3 is 37.4 Å². The number of halogens is 12. The molecule has 0 spiro atoms. The molecule has 334 valence electrons. The minimum Gasteiger partial charge on any atom is -0.463 e. The summed E-state index contributed by atoms with van der Waals surface area (Å²) in [5.74, 6) is -10.8. The fourth-order valence-corrected chi connectivity index (χ4v) is 5.94. The van der Waals surface area contributed by atoms with Crippen LogP contribution in [-0.2, 0) is 31.9 Å². The number of alkyl halides is 12. The minimum atomic E-state index is -6.15. The molecule has 0 heterocycles. The third-order valence-electron chi connectivity index (χ3n) is 8.42. The van der Waals surface area contributed by atoms with Crippen LogP contribution in [0.4, 0.5) is 52.7 Å². The minimum absolute atomic E-state index is 0.0133. The maximum absolute atomic E-state index is 14.2. The highest BCUT2D eigenvalue weighted by Crippen LogP contribution is 2.60. The Hall–Kier alpha value is -6.34. The van der Waals surface area contributed by atoms with E-state index in [0.717, 1.165) is 42.0 Å². The molecule has 4 rings (SSSR count). The van der Waals surface area contributed by atoms with Gasteiger partial charge in [-0.1, -0.05) is 79.9 Å². The number of hydrogen-bond donors (Lipinski definition) is 0. The van der Waals surface area contributed by atoms with Crippen molar-refractivity contribution < 1.29 is 90.7 Å². The molecule has 0 atom stereocenters. The van der Waals surface area contributed by atoms with Crippen LogP contribution in [0.3, 0.4) is 0 Å². The summed E-state index contributed by atoms with van der Waals surface area (Å²) in [6.45, 7) is 6.67. The maximum Gasteiger partial charge on any atom is 0.573 e. The number of unbranched alkanes of at least 4 members (excludes halogenated alkanes) is 2. The van der Waals surface area contributed by atoms with Gasteiger partial charge in [0.15, 0.2) is 11.5 Å². The number of hydrogen-bond acceptors (Lipinski definition) is 8. The fourth-order valence-electron chi connectivity index (χ4n) is 5.94. The van der Waals surface area contributed by atoms with E-state index in [2.05, 4.69) is 32.1 Å². The number of aryl methyl sites for hydroxylation is 2. The third kappa shape index (κ3) is 15.0. The lowest BCUT2D eigenvalue weighted by Crippen LogP contribution is -2.26. The summed E-state index contributed by atoms with van der Waals surface area (Å²) in [7, 11) is 0. The standard InChI is InChI=1S/C42H34F12O8/c1-3-31(55)57-22-7-5-10-25-14-18-27(19-15-25)29-12-9-13-30(24-29)34-33(28-20-16-26(17-21-28)11-6-8-23-58-32(56)4-2)35(59-39(43,44)45)37(61-41(49,50)51)38(62-42(52,53)54)36(34)60-40(46,47)48/h3-4,9,12-21,24H,1-2,5-8,10-11,22-23H2. The zero-order chi connectivity index (χ0) is 45.9. The molecular weight excluding hydrogens is 860 g/mol. The van der Waals surface area contributed by atoms with Gasteiger partial charge in [-0.25, -0.2) is 9.59 Å². The smallest absolute Gasteiger partial charge is 0.463 e. The molecule has 0 aliphatic rings. The largest absolute Gasteiger partial charge is 0.573 e. The molecule has 0 N–H and O–H groups in total. The topological polar surface area (TPSA) is 89.5 Å². The summed E-state index contributed by atoms with van der Waals surface area (Å²) in [6, 6.07) is 15.5. The number of rotatable bonds is 19. The average molecular weight is 895 g/mol. The molecule has 0 aliphatic heterocycles. The van der Waals surface area contributed by atoms with Gasteiger partial charge in [-0.05, 0) is 78.0 Å². The lowest BCUT2D eigenvalue weighted by Gasteiger charge is -2.27. The summed E-state index contributed by atoms with van der Waals surface area (Å²) in [6.07, 6.45) is -19.8. The van der Waals surface area contributed by atoms with Gasteiger partial charge in [0, 0.05) is 23.3 Å². The predicted octanol–water partition coefficient (Wildman–Crippen LogP) is 12.4. The Bertz CT molecular complexity index is 2180. The van der Waals surface area contributed by atoms with Crippen molar-refractivity contribution >= 4 is 11.9 Å². The lowest BCUT2D eigenvalue weighted by atomic mass is 9.89. The first kappa shape index (κ1) is 48.3. The number of benzene rings is 4. The first-order valence-corrected chi connectivity index (χ1v) is 18.1. The van der Waals surface area contributed by atoms with E-state index in [1.807, 2.05) is 0 Å². The Labute approximate surface area is 345 Å². The molecule has 4 aromatic carbocycles. The van der Waals surface area contributed by atoms with Gasteiger partial charge in [-0.15, -0.1) is 52.7 Å². The summed E-state index contributed by atoms with van der Waals surface area (Å²) < 4.78 is 193. The van der Waals surface area contributed by atoms with E-state index in [1.54, 1.807) is 24.3 Å². The quantitative estimate of drug-likeness (QED) is 0.0398. The number of carbonyl (C=O) groups excluding carboxylic acids is 2. The highest BCUT2D eigenvalue weighted by atomic mass is 19.4. The monoisotopic (exact) mass is 894 g/mol. The first-order valence-electron chi connectivity index (χ1n) is 18.1. The number of esters is 2. The Kier molecular flexibility index (Phi) is 16.0. The first-order chi connectivity index (χ1) is 29.0. The molecule has 0 unspecified atom stereocenters. The Morgan fingerprint density at radius 1 is 0.452 bits per heavy atom. The van der Waals surface area contributed by atoms with Crippen LogP contribution in [0.15, 0.2) is 98.1 Å². The summed E-state index contributed by atoms with van der Waals surface area (Å²) >= 11 is 0. The van der Waals surface area contributed by atoms with Crippen molar-refractivity contribution in [1.29, 1.82) is 0 Å². The van der Waals surface area contributed by atoms with Crippen LogP contribution in [0.5, 0.6) is 23.0 Å². The van der Waals surface area contributed by atoms with Crippen molar-refractivity contribution in [3.8, 4) is 56.4 Å². The lowest BCUT2D eigenvalue weighted by molar-refractivity contribution is -0.297. The van der Waals surface area contributed by atoms with Crippen LogP contribution in [0.1, 0.15) is 36.8 Å². The molecule has 0 aromatic heterocycles. The van der Waals surface area contributed by atoms with Crippen LogP contribution >= 0.6 is 0 Å². The van der Waals surface area contributed by atoms with Crippen molar-refractivity contribution in [3.63, 3.8) is 0 Å². The molecule has 62 heavy (non-hydrogen) atoms. The van der Waals surface area contributed by atoms with Crippen molar-refractivity contribution in [2.75, 3.05) is 13.2 Å². The Balaban J connectivity index is 1.97. The maximum atomic E-state index is 14.2. The van der Waals surface area contributed by atoms with Crippen molar-refractivity contribution in [1.82, 2.24) is 0 Å². The van der Waals surface area contributed by atoms with Crippen molar-refractivity contribution in [2.45, 2.75) is 64.0 Å². The van der Waals surface area contributed by atoms with Crippen LogP contribution < -0.4 is 18.9 Å². The second kappa shape index (κ2) is 20.5. The molecule has 8 nitrogen and oxygen atoms in total. The van der Waals surface area contributed by atoms with Gasteiger partial charge in [-0.2, -0.15) is 0 Å². The van der Waals surface area contributed by atoms with E-state index in [4.69, 9.17) is 9.47 Å². The molecule has 20 heteroatoms. The fraction of sp³-hybridized carbons (Fsp3) is 0.286. The van der Waals surface area contributed by atoms with E-state index in [0.29, 0.717) is 43.2 Å². The number of ether oxygens (including phenoxy) is 6. The van der Waals surface area contributed by atoms with Gasteiger partial charge in [-0.3, -0.25) is 0 Å². The second-order valence-corrected chi connectivity index (χ2v) is 12.9. The molecular formula is C42H34F12O8.